The third-order valence-electron chi connectivity index (χ3n) is 4.42. The highest BCUT2D eigenvalue weighted by atomic mass is 32.2. The predicted octanol–water partition coefficient (Wildman–Crippen LogP) is 1.50. The van der Waals surface area contributed by atoms with Crippen molar-refractivity contribution >= 4 is 22.2 Å². The van der Waals surface area contributed by atoms with E-state index in [0.717, 1.165) is 31.6 Å². The van der Waals surface area contributed by atoms with E-state index >= 15 is 0 Å². The van der Waals surface area contributed by atoms with Gasteiger partial charge in [0.05, 0.1) is 10.9 Å². The molecule has 2 aromatic rings. The Morgan fingerprint density at radius 3 is 2.81 bits per heavy atom. The lowest BCUT2D eigenvalue weighted by atomic mass is 10.2. The fourth-order valence-corrected chi connectivity index (χ4v) is 3.92. The van der Waals surface area contributed by atoms with Crippen molar-refractivity contribution in [2.45, 2.75) is 24.3 Å². The van der Waals surface area contributed by atoms with Gasteiger partial charge in [0, 0.05) is 32.3 Å². The van der Waals surface area contributed by atoms with E-state index in [-0.39, 0.29) is 10.9 Å². The van der Waals surface area contributed by atoms with Crippen LogP contribution in [0.3, 0.4) is 0 Å². The molecule has 0 bridgehead atoms. The van der Waals surface area contributed by atoms with Gasteiger partial charge in [0.25, 0.3) is 5.89 Å². The van der Waals surface area contributed by atoms with Gasteiger partial charge in [-0.15, -0.1) is 0 Å². The first-order valence-corrected chi connectivity index (χ1v) is 10.5. The summed E-state index contributed by atoms with van der Waals surface area (Å²) in [7, 11) is -1.40. The SMILES string of the molecule is CCCNS(=O)(=O)c1ccc(/C=C/c2nc(C3CNCCN3C)no2)cc1. The number of rotatable bonds is 7. The van der Waals surface area contributed by atoms with Crippen LogP contribution in [-0.2, 0) is 10.0 Å². The molecule has 1 unspecified atom stereocenters. The Balaban J connectivity index is 1.66. The zero-order valence-corrected chi connectivity index (χ0v) is 16.4. The van der Waals surface area contributed by atoms with E-state index in [2.05, 4.69) is 25.1 Å². The Morgan fingerprint density at radius 2 is 2.11 bits per heavy atom. The standard InChI is InChI=1S/C18H25N5O3S/c1-3-10-20-27(24,25)15-7-4-14(5-8-15)6-9-17-21-18(22-26-17)16-13-19-11-12-23(16)2/h4-9,16,19-20H,3,10-13H2,1-2H3/b9-6+. The molecule has 1 fully saturated rings. The third-order valence-corrected chi connectivity index (χ3v) is 5.89. The molecule has 3 rings (SSSR count). The smallest absolute Gasteiger partial charge is 0.250 e. The number of likely N-dealkylation sites (N-methyl/N-ethyl adjacent to an activating group) is 1. The van der Waals surface area contributed by atoms with Gasteiger partial charge < -0.3 is 9.84 Å². The molecule has 1 atom stereocenters. The van der Waals surface area contributed by atoms with Gasteiger partial charge in [0.1, 0.15) is 0 Å². The van der Waals surface area contributed by atoms with E-state index in [0.29, 0.717) is 18.3 Å². The molecule has 1 saturated heterocycles. The Morgan fingerprint density at radius 1 is 1.33 bits per heavy atom. The van der Waals surface area contributed by atoms with Gasteiger partial charge in [-0.2, -0.15) is 4.98 Å². The van der Waals surface area contributed by atoms with Crippen LogP contribution < -0.4 is 10.0 Å². The summed E-state index contributed by atoms with van der Waals surface area (Å²) < 4.78 is 32.0. The van der Waals surface area contributed by atoms with Crippen molar-refractivity contribution < 1.29 is 12.9 Å². The summed E-state index contributed by atoms with van der Waals surface area (Å²) >= 11 is 0. The first-order chi connectivity index (χ1) is 13.0. The molecule has 1 aromatic heterocycles. The van der Waals surface area contributed by atoms with E-state index in [1.165, 1.54) is 0 Å². The first-order valence-electron chi connectivity index (χ1n) is 9.02. The van der Waals surface area contributed by atoms with Crippen molar-refractivity contribution in [3.63, 3.8) is 0 Å². The van der Waals surface area contributed by atoms with Crippen molar-refractivity contribution in [1.29, 1.82) is 0 Å². The molecule has 27 heavy (non-hydrogen) atoms. The number of nitrogens with one attached hydrogen (secondary N) is 2. The lowest BCUT2D eigenvalue weighted by Gasteiger charge is -2.30. The normalized spacial score (nSPS) is 19.0. The average molecular weight is 391 g/mol. The highest BCUT2D eigenvalue weighted by molar-refractivity contribution is 7.89. The second-order valence-electron chi connectivity index (χ2n) is 6.49. The molecule has 0 amide bonds. The fraction of sp³-hybridized carbons (Fsp3) is 0.444. The molecule has 146 valence electrons. The maximum atomic E-state index is 12.1. The Bertz CT molecular complexity index is 877. The van der Waals surface area contributed by atoms with E-state index in [1.54, 1.807) is 30.3 Å². The van der Waals surface area contributed by atoms with Gasteiger partial charge in [0.2, 0.25) is 10.0 Å². The van der Waals surface area contributed by atoms with E-state index in [9.17, 15) is 8.42 Å². The molecule has 8 nitrogen and oxygen atoms in total. The van der Waals surface area contributed by atoms with E-state index < -0.39 is 10.0 Å². The van der Waals surface area contributed by atoms with Crippen LogP contribution in [0.4, 0.5) is 0 Å². The number of hydrogen-bond donors (Lipinski definition) is 2. The lowest BCUT2D eigenvalue weighted by Crippen LogP contribution is -2.44. The third kappa shape index (κ3) is 5.01. The minimum atomic E-state index is -3.45. The summed E-state index contributed by atoms with van der Waals surface area (Å²) in [5, 5.41) is 7.40. The van der Waals surface area contributed by atoms with Gasteiger partial charge in [-0.25, -0.2) is 13.1 Å². The minimum Gasteiger partial charge on any atom is -0.335 e. The number of sulfonamides is 1. The van der Waals surface area contributed by atoms with Crippen LogP contribution in [0.5, 0.6) is 0 Å². The summed E-state index contributed by atoms with van der Waals surface area (Å²) in [4.78, 5) is 6.88. The summed E-state index contributed by atoms with van der Waals surface area (Å²) in [5.74, 6) is 1.08. The fourth-order valence-electron chi connectivity index (χ4n) is 2.79. The Hall–Kier alpha value is -2.07. The predicted molar refractivity (Wildman–Crippen MR) is 103 cm³/mol. The molecule has 2 heterocycles. The monoisotopic (exact) mass is 391 g/mol. The van der Waals surface area contributed by atoms with Crippen molar-refractivity contribution in [2.24, 2.45) is 0 Å². The van der Waals surface area contributed by atoms with Gasteiger partial charge in [-0.1, -0.05) is 24.2 Å². The van der Waals surface area contributed by atoms with Crippen molar-refractivity contribution in [3.8, 4) is 0 Å². The first kappa shape index (κ1) is 19.7. The van der Waals surface area contributed by atoms with Crippen LogP contribution in [0.1, 0.15) is 36.7 Å². The molecule has 0 radical (unpaired) electrons. The average Bonchev–Trinajstić information content (AvgIpc) is 3.14. The molecular weight excluding hydrogens is 366 g/mol. The molecule has 0 aliphatic carbocycles. The Kier molecular flexibility index (Phi) is 6.38. The summed E-state index contributed by atoms with van der Waals surface area (Å²) in [6.45, 7) is 5.03. The van der Waals surface area contributed by atoms with Crippen LogP contribution >= 0.6 is 0 Å². The van der Waals surface area contributed by atoms with Crippen LogP contribution in [-0.4, -0.2) is 56.7 Å². The maximum absolute atomic E-state index is 12.1. The number of piperazine rings is 1. The maximum Gasteiger partial charge on any atom is 0.250 e. The van der Waals surface area contributed by atoms with E-state index in [4.69, 9.17) is 4.52 Å². The number of aromatic nitrogens is 2. The molecule has 1 aliphatic heterocycles. The van der Waals surface area contributed by atoms with Crippen molar-refractivity contribution in [2.75, 3.05) is 33.2 Å². The van der Waals surface area contributed by atoms with Crippen LogP contribution in [0.25, 0.3) is 12.2 Å². The minimum absolute atomic E-state index is 0.102. The quantitative estimate of drug-likeness (QED) is 0.738. The van der Waals surface area contributed by atoms with Crippen LogP contribution in [0, 0.1) is 0 Å². The van der Waals surface area contributed by atoms with Gasteiger partial charge >= 0.3 is 0 Å². The second kappa shape index (κ2) is 8.75. The zero-order valence-electron chi connectivity index (χ0n) is 15.6. The summed E-state index contributed by atoms with van der Waals surface area (Å²) in [6, 6.07) is 6.75. The molecule has 2 N–H and O–H groups in total. The highest BCUT2D eigenvalue weighted by Gasteiger charge is 2.24. The molecular formula is C18H25N5O3S. The number of benzene rings is 1. The van der Waals surface area contributed by atoms with Gasteiger partial charge in [-0.3, -0.25) is 4.90 Å². The second-order valence-corrected chi connectivity index (χ2v) is 8.26. The van der Waals surface area contributed by atoms with Crippen molar-refractivity contribution in [3.05, 3.63) is 41.5 Å². The van der Waals surface area contributed by atoms with Gasteiger partial charge in [-0.05, 0) is 37.2 Å². The van der Waals surface area contributed by atoms with Crippen LogP contribution in [0.2, 0.25) is 0 Å². The van der Waals surface area contributed by atoms with Crippen molar-refractivity contribution in [1.82, 2.24) is 25.1 Å². The van der Waals surface area contributed by atoms with E-state index in [1.807, 2.05) is 20.0 Å². The number of nitrogens with zero attached hydrogens (tertiary/aromatic N) is 3. The molecule has 1 aromatic carbocycles. The highest BCUT2D eigenvalue weighted by Crippen LogP contribution is 2.18. The number of hydrogen-bond acceptors (Lipinski definition) is 7. The molecule has 1 aliphatic rings. The Labute approximate surface area is 159 Å². The lowest BCUT2D eigenvalue weighted by molar-refractivity contribution is 0.190. The summed E-state index contributed by atoms with van der Waals surface area (Å²) in [5.41, 5.74) is 0.848. The zero-order chi connectivity index (χ0) is 19.3. The summed E-state index contributed by atoms with van der Waals surface area (Å²) in [6.07, 6.45) is 4.29. The molecule has 9 heteroatoms. The van der Waals surface area contributed by atoms with Gasteiger partial charge in [0.15, 0.2) is 5.82 Å². The van der Waals surface area contributed by atoms with Crippen LogP contribution in [0.15, 0.2) is 33.7 Å². The molecule has 0 saturated carbocycles. The largest absolute Gasteiger partial charge is 0.335 e. The topological polar surface area (TPSA) is 100 Å². The molecule has 0 spiro atoms.